The Labute approximate surface area is 115 Å². The highest BCUT2D eigenvalue weighted by Crippen LogP contribution is 2.59. The quantitative estimate of drug-likeness (QED) is 0.877. The molecule has 2 bridgehead atoms. The van der Waals surface area contributed by atoms with Crippen molar-refractivity contribution in [2.45, 2.75) is 51.5 Å². The summed E-state index contributed by atoms with van der Waals surface area (Å²) in [7, 11) is 0. The molecule has 2 aliphatic carbocycles. The van der Waals surface area contributed by atoms with Crippen molar-refractivity contribution in [2.75, 3.05) is 0 Å². The monoisotopic (exact) mass is 257 g/mol. The molecule has 2 aliphatic rings. The number of carbonyl (C=O) groups is 1. The molecule has 1 N–H and O–H groups in total. The van der Waals surface area contributed by atoms with Crippen molar-refractivity contribution >= 4 is 5.91 Å². The van der Waals surface area contributed by atoms with Crippen LogP contribution < -0.4 is 5.32 Å². The lowest BCUT2D eigenvalue weighted by atomic mass is 9.75. The van der Waals surface area contributed by atoms with Gasteiger partial charge in [0, 0.05) is 11.1 Å². The lowest BCUT2D eigenvalue weighted by Crippen LogP contribution is -2.45. The maximum atomic E-state index is 12.3. The van der Waals surface area contributed by atoms with Gasteiger partial charge in [-0.25, -0.2) is 0 Å². The van der Waals surface area contributed by atoms with Crippen LogP contribution in [0.25, 0.3) is 0 Å². The first-order valence-corrected chi connectivity index (χ1v) is 7.43. The van der Waals surface area contributed by atoms with Crippen molar-refractivity contribution in [3.05, 3.63) is 35.9 Å². The molecule has 1 aromatic rings. The van der Waals surface area contributed by atoms with Gasteiger partial charge in [-0.1, -0.05) is 32.0 Å². The molecule has 2 nitrogen and oxygen atoms in total. The summed E-state index contributed by atoms with van der Waals surface area (Å²) in [5.41, 5.74) is 1.35. The maximum absolute atomic E-state index is 12.3. The Morgan fingerprint density at radius 3 is 2.26 bits per heavy atom. The fourth-order valence-corrected chi connectivity index (χ4v) is 4.11. The van der Waals surface area contributed by atoms with E-state index in [0.29, 0.717) is 5.41 Å². The summed E-state index contributed by atoms with van der Waals surface area (Å²) in [6.45, 7) is 4.67. The van der Waals surface area contributed by atoms with Crippen LogP contribution in [0, 0.1) is 11.3 Å². The van der Waals surface area contributed by atoms with E-state index >= 15 is 0 Å². The molecule has 0 unspecified atom stereocenters. The average Bonchev–Trinajstić information content (AvgIpc) is 2.97. The van der Waals surface area contributed by atoms with E-state index in [-0.39, 0.29) is 11.4 Å². The molecule has 0 aromatic heterocycles. The molecule has 0 heterocycles. The van der Waals surface area contributed by atoms with Crippen LogP contribution in [0.2, 0.25) is 0 Å². The van der Waals surface area contributed by atoms with Crippen LogP contribution in [-0.4, -0.2) is 11.4 Å². The van der Waals surface area contributed by atoms with Crippen LogP contribution in [0.1, 0.15) is 56.3 Å². The standard InChI is InChI=1S/C17H23NO/c1-13(2)16-8-10-17(12-16,11-9-16)18-15(19)14-6-4-3-5-7-14/h3-7,13H,8-12H2,1-2H3,(H,18,19). The Morgan fingerprint density at radius 1 is 1.11 bits per heavy atom. The van der Waals surface area contributed by atoms with E-state index in [4.69, 9.17) is 0 Å². The van der Waals surface area contributed by atoms with Crippen molar-refractivity contribution in [1.29, 1.82) is 0 Å². The van der Waals surface area contributed by atoms with Crippen LogP contribution >= 0.6 is 0 Å². The number of hydrogen-bond donors (Lipinski definition) is 1. The van der Waals surface area contributed by atoms with Crippen molar-refractivity contribution in [3.8, 4) is 0 Å². The van der Waals surface area contributed by atoms with E-state index in [1.165, 1.54) is 19.3 Å². The van der Waals surface area contributed by atoms with Crippen LogP contribution in [0.3, 0.4) is 0 Å². The summed E-state index contributed by atoms with van der Waals surface area (Å²) in [5.74, 6) is 0.826. The largest absolute Gasteiger partial charge is 0.347 e. The van der Waals surface area contributed by atoms with Gasteiger partial charge in [0.2, 0.25) is 0 Å². The lowest BCUT2D eigenvalue weighted by Gasteiger charge is -2.31. The first-order valence-electron chi connectivity index (χ1n) is 7.43. The van der Waals surface area contributed by atoms with Gasteiger partial charge >= 0.3 is 0 Å². The fourth-order valence-electron chi connectivity index (χ4n) is 4.11. The van der Waals surface area contributed by atoms with Gasteiger partial charge in [-0.2, -0.15) is 0 Å². The van der Waals surface area contributed by atoms with Gasteiger partial charge in [-0.15, -0.1) is 0 Å². The highest BCUT2D eigenvalue weighted by atomic mass is 16.1. The highest BCUT2D eigenvalue weighted by molar-refractivity contribution is 5.94. The Balaban J connectivity index is 1.74. The molecule has 0 atom stereocenters. The maximum Gasteiger partial charge on any atom is 0.251 e. The Kier molecular flexibility index (Phi) is 2.92. The third-order valence-electron chi connectivity index (χ3n) is 5.53. The zero-order valence-corrected chi connectivity index (χ0v) is 11.9. The van der Waals surface area contributed by atoms with Crippen molar-refractivity contribution in [3.63, 3.8) is 0 Å². The third-order valence-corrected chi connectivity index (χ3v) is 5.53. The van der Waals surface area contributed by atoms with Gasteiger partial charge in [-0.3, -0.25) is 4.79 Å². The Hall–Kier alpha value is -1.31. The minimum atomic E-state index is 0.0806. The molecule has 0 radical (unpaired) electrons. The van der Waals surface area contributed by atoms with E-state index in [1.807, 2.05) is 30.3 Å². The molecule has 102 valence electrons. The highest BCUT2D eigenvalue weighted by Gasteiger charge is 2.55. The number of hydrogen-bond acceptors (Lipinski definition) is 1. The second-order valence-electron chi connectivity index (χ2n) is 6.79. The molecule has 2 saturated carbocycles. The second kappa shape index (κ2) is 4.36. The second-order valence-corrected chi connectivity index (χ2v) is 6.79. The number of carbonyl (C=O) groups excluding carboxylic acids is 1. The smallest absolute Gasteiger partial charge is 0.251 e. The minimum Gasteiger partial charge on any atom is -0.347 e. The van der Waals surface area contributed by atoms with Crippen molar-refractivity contribution in [2.24, 2.45) is 11.3 Å². The van der Waals surface area contributed by atoms with Gasteiger partial charge in [0.25, 0.3) is 5.91 Å². The molecule has 19 heavy (non-hydrogen) atoms. The molecule has 1 amide bonds. The lowest BCUT2D eigenvalue weighted by molar-refractivity contribution is 0.0901. The van der Waals surface area contributed by atoms with Crippen LogP contribution in [-0.2, 0) is 0 Å². The molecule has 2 heteroatoms. The zero-order chi connectivity index (χ0) is 13.5. The fraction of sp³-hybridized carbons (Fsp3) is 0.588. The first kappa shape index (κ1) is 12.7. The Morgan fingerprint density at radius 2 is 1.74 bits per heavy atom. The molecule has 3 rings (SSSR count). The molecule has 1 aromatic carbocycles. The van der Waals surface area contributed by atoms with Crippen LogP contribution in [0.5, 0.6) is 0 Å². The molecule has 0 saturated heterocycles. The normalized spacial score (nSPS) is 32.8. The number of nitrogens with one attached hydrogen (secondary N) is 1. The number of amides is 1. The molecular weight excluding hydrogens is 234 g/mol. The molecule has 2 fully saturated rings. The SMILES string of the molecule is CC(C)C12CCC(NC(=O)c3ccccc3)(CC1)C2. The van der Waals surface area contributed by atoms with Crippen molar-refractivity contribution in [1.82, 2.24) is 5.32 Å². The van der Waals surface area contributed by atoms with Gasteiger partial charge in [0.15, 0.2) is 0 Å². The topological polar surface area (TPSA) is 29.1 Å². The summed E-state index contributed by atoms with van der Waals surface area (Å²) in [6, 6.07) is 9.59. The number of fused-ring (bicyclic) bond motifs is 2. The van der Waals surface area contributed by atoms with E-state index in [9.17, 15) is 4.79 Å². The molecule has 0 spiro atoms. The van der Waals surface area contributed by atoms with E-state index in [2.05, 4.69) is 19.2 Å². The van der Waals surface area contributed by atoms with Gasteiger partial charge in [0.05, 0.1) is 0 Å². The third kappa shape index (κ3) is 2.07. The van der Waals surface area contributed by atoms with E-state index < -0.39 is 0 Å². The van der Waals surface area contributed by atoms with E-state index in [0.717, 1.165) is 24.3 Å². The molecule has 0 aliphatic heterocycles. The number of rotatable bonds is 3. The predicted octanol–water partition coefficient (Wildman–Crippen LogP) is 3.78. The Bertz CT molecular complexity index is 469. The molecular formula is C17H23NO. The minimum absolute atomic E-state index is 0.0806. The predicted molar refractivity (Wildman–Crippen MR) is 77.0 cm³/mol. The summed E-state index contributed by atoms with van der Waals surface area (Å²) in [5, 5.41) is 3.34. The zero-order valence-electron chi connectivity index (χ0n) is 11.9. The number of benzene rings is 1. The van der Waals surface area contributed by atoms with Gasteiger partial charge in [0.1, 0.15) is 0 Å². The van der Waals surface area contributed by atoms with Crippen LogP contribution in [0.4, 0.5) is 0 Å². The van der Waals surface area contributed by atoms with Crippen LogP contribution in [0.15, 0.2) is 30.3 Å². The first-order chi connectivity index (χ1) is 9.05. The van der Waals surface area contributed by atoms with Gasteiger partial charge in [-0.05, 0) is 55.6 Å². The summed E-state index contributed by atoms with van der Waals surface area (Å²) in [6.07, 6.45) is 6.04. The average molecular weight is 257 g/mol. The summed E-state index contributed by atoms with van der Waals surface area (Å²) >= 11 is 0. The van der Waals surface area contributed by atoms with E-state index in [1.54, 1.807) is 0 Å². The summed E-state index contributed by atoms with van der Waals surface area (Å²) in [4.78, 5) is 12.3. The van der Waals surface area contributed by atoms with Crippen molar-refractivity contribution < 1.29 is 4.79 Å². The summed E-state index contributed by atoms with van der Waals surface area (Å²) < 4.78 is 0. The van der Waals surface area contributed by atoms with Gasteiger partial charge < -0.3 is 5.32 Å².